The van der Waals surface area contributed by atoms with Gasteiger partial charge in [-0.15, -0.1) is 0 Å². The second kappa shape index (κ2) is 8.17. The smallest absolute Gasteiger partial charge is 0.275 e. The van der Waals surface area contributed by atoms with Crippen LogP contribution in [0.5, 0.6) is 5.88 Å². The van der Waals surface area contributed by atoms with Gasteiger partial charge in [-0.1, -0.05) is 48.5 Å². The van der Waals surface area contributed by atoms with Gasteiger partial charge in [0, 0.05) is 30.3 Å². The molecular weight excluding hydrogens is 426 g/mol. The number of fused-ring (bicyclic) bond motifs is 4. The Balaban J connectivity index is 1.39. The van der Waals surface area contributed by atoms with E-state index < -0.39 is 0 Å². The number of piperidine rings is 1. The van der Waals surface area contributed by atoms with Gasteiger partial charge in [-0.05, 0) is 37.8 Å². The lowest BCUT2D eigenvalue weighted by Gasteiger charge is -2.45. The Morgan fingerprint density at radius 2 is 1.74 bits per heavy atom. The topological polar surface area (TPSA) is 65.2 Å². The summed E-state index contributed by atoms with van der Waals surface area (Å²) in [6.07, 6.45) is 3.81. The van der Waals surface area contributed by atoms with E-state index in [0.29, 0.717) is 11.6 Å². The van der Waals surface area contributed by atoms with E-state index in [2.05, 4.69) is 29.4 Å². The summed E-state index contributed by atoms with van der Waals surface area (Å²) in [5, 5.41) is 9.59. The van der Waals surface area contributed by atoms with Gasteiger partial charge in [-0.2, -0.15) is 10.2 Å². The van der Waals surface area contributed by atoms with Crippen LogP contribution in [0.3, 0.4) is 0 Å². The monoisotopic (exact) mass is 453 g/mol. The SMILES string of the molecule is COc1cc(C(=O)N2C3CCCC2c2nn(C)c(-c4ccccc4)c2C3)nn1-c1ccccc1. The molecule has 2 aliphatic heterocycles. The second-order valence-corrected chi connectivity index (χ2v) is 9.04. The van der Waals surface area contributed by atoms with Crippen LogP contribution in [0.1, 0.15) is 47.1 Å². The molecule has 2 aromatic carbocycles. The van der Waals surface area contributed by atoms with Crippen molar-refractivity contribution in [3.8, 4) is 22.8 Å². The molecule has 4 heterocycles. The molecule has 1 saturated heterocycles. The number of benzene rings is 2. The first-order chi connectivity index (χ1) is 16.7. The molecule has 7 nitrogen and oxygen atoms in total. The predicted molar refractivity (Wildman–Crippen MR) is 129 cm³/mol. The van der Waals surface area contributed by atoms with Crippen LogP contribution in [0.4, 0.5) is 0 Å². The first-order valence-corrected chi connectivity index (χ1v) is 11.8. The molecule has 0 aliphatic carbocycles. The average molecular weight is 454 g/mol. The van der Waals surface area contributed by atoms with Crippen molar-refractivity contribution in [1.29, 1.82) is 0 Å². The summed E-state index contributed by atoms with van der Waals surface area (Å²) in [6, 6.07) is 22.0. The molecule has 0 saturated carbocycles. The van der Waals surface area contributed by atoms with Crippen molar-refractivity contribution < 1.29 is 9.53 Å². The van der Waals surface area contributed by atoms with Gasteiger partial charge in [0.2, 0.25) is 5.88 Å². The zero-order valence-corrected chi connectivity index (χ0v) is 19.4. The molecule has 34 heavy (non-hydrogen) atoms. The Labute approximate surface area is 198 Å². The minimum Gasteiger partial charge on any atom is -0.481 e. The van der Waals surface area contributed by atoms with Crippen molar-refractivity contribution in [3.05, 3.63) is 83.7 Å². The Kier molecular flexibility index (Phi) is 4.98. The molecule has 7 heteroatoms. The summed E-state index contributed by atoms with van der Waals surface area (Å²) in [5.41, 5.74) is 5.90. The van der Waals surface area contributed by atoms with Gasteiger partial charge < -0.3 is 9.64 Å². The third-order valence-electron chi connectivity index (χ3n) is 7.06. The number of hydrogen-bond acceptors (Lipinski definition) is 4. The summed E-state index contributed by atoms with van der Waals surface area (Å²) < 4.78 is 9.22. The highest BCUT2D eigenvalue weighted by atomic mass is 16.5. The van der Waals surface area contributed by atoms with E-state index in [1.54, 1.807) is 17.9 Å². The fourth-order valence-electron chi connectivity index (χ4n) is 5.61. The van der Waals surface area contributed by atoms with E-state index in [4.69, 9.17) is 9.84 Å². The molecule has 6 rings (SSSR count). The summed E-state index contributed by atoms with van der Waals surface area (Å²) in [6.45, 7) is 0. The van der Waals surface area contributed by atoms with Crippen LogP contribution in [-0.2, 0) is 13.5 Å². The van der Waals surface area contributed by atoms with Gasteiger partial charge in [0.1, 0.15) is 0 Å². The number of carbonyl (C=O) groups is 1. The first kappa shape index (κ1) is 20.7. The summed E-state index contributed by atoms with van der Waals surface area (Å²) >= 11 is 0. The highest BCUT2D eigenvalue weighted by Gasteiger charge is 2.44. The molecule has 2 bridgehead atoms. The lowest BCUT2D eigenvalue weighted by Crippen LogP contribution is -2.50. The minimum absolute atomic E-state index is 0.0356. The maximum Gasteiger partial charge on any atom is 0.275 e. The highest BCUT2D eigenvalue weighted by molar-refractivity contribution is 5.93. The summed E-state index contributed by atoms with van der Waals surface area (Å²) in [4.78, 5) is 15.9. The number of nitrogens with zero attached hydrogens (tertiary/aromatic N) is 5. The highest BCUT2D eigenvalue weighted by Crippen LogP contribution is 2.45. The van der Waals surface area contributed by atoms with Crippen LogP contribution < -0.4 is 4.74 Å². The zero-order chi connectivity index (χ0) is 23.2. The van der Waals surface area contributed by atoms with Crippen LogP contribution in [0.25, 0.3) is 16.9 Å². The van der Waals surface area contributed by atoms with Crippen molar-refractivity contribution >= 4 is 5.91 Å². The number of hydrogen-bond donors (Lipinski definition) is 0. The number of rotatable bonds is 4. The molecule has 2 aliphatic rings. The number of aromatic nitrogens is 4. The predicted octanol–water partition coefficient (Wildman–Crippen LogP) is 4.57. The molecule has 0 N–H and O–H groups in total. The summed E-state index contributed by atoms with van der Waals surface area (Å²) in [7, 11) is 3.61. The summed E-state index contributed by atoms with van der Waals surface area (Å²) in [5.74, 6) is 0.488. The Morgan fingerprint density at radius 1 is 1.00 bits per heavy atom. The fraction of sp³-hybridized carbons (Fsp3) is 0.296. The maximum atomic E-state index is 13.9. The van der Waals surface area contributed by atoms with Gasteiger partial charge >= 0.3 is 0 Å². The van der Waals surface area contributed by atoms with Gasteiger partial charge in [-0.3, -0.25) is 9.48 Å². The van der Waals surface area contributed by atoms with Gasteiger partial charge in [-0.25, -0.2) is 4.68 Å². The Morgan fingerprint density at radius 3 is 2.47 bits per heavy atom. The lowest BCUT2D eigenvalue weighted by atomic mass is 9.81. The standard InChI is InChI=1S/C27H27N5O2/c1-30-26(18-10-5-3-6-11-18)21-16-20-14-9-15-23(25(21)29-30)31(20)27(33)22-17-24(34-2)32(28-22)19-12-7-4-8-13-19/h3-8,10-13,17,20,23H,9,14-16H2,1-2H3. The molecule has 0 radical (unpaired) electrons. The molecule has 172 valence electrons. The lowest BCUT2D eigenvalue weighted by molar-refractivity contribution is 0.0385. The van der Waals surface area contributed by atoms with Gasteiger partial charge in [0.15, 0.2) is 5.69 Å². The van der Waals surface area contributed by atoms with E-state index in [-0.39, 0.29) is 18.0 Å². The van der Waals surface area contributed by atoms with Crippen molar-refractivity contribution in [1.82, 2.24) is 24.5 Å². The third kappa shape index (κ3) is 3.22. The van der Waals surface area contributed by atoms with Crippen LogP contribution in [0, 0.1) is 0 Å². The average Bonchev–Trinajstić information content (AvgIpc) is 3.45. The third-order valence-corrected chi connectivity index (χ3v) is 7.06. The van der Waals surface area contributed by atoms with E-state index >= 15 is 0 Å². The molecule has 4 aromatic rings. The fourth-order valence-corrected chi connectivity index (χ4v) is 5.61. The number of para-hydroxylation sites is 1. The van der Waals surface area contributed by atoms with Crippen molar-refractivity contribution in [2.24, 2.45) is 7.05 Å². The van der Waals surface area contributed by atoms with Crippen molar-refractivity contribution in [2.45, 2.75) is 37.8 Å². The Hall–Kier alpha value is -3.87. The largest absolute Gasteiger partial charge is 0.481 e. The maximum absolute atomic E-state index is 13.9. The van der Waals surface area contributed by atoms with Crippen molar-refractivity contribution in [2.75, 3.05) is 7.11 Å². The normalized spacial score (nSPS) is 19.1. The number of amides is 1. The van der Waals surface area contributed by atoms with Crippen LogP contribution in [-0.4, -0.2) is 43.5 Å². The minimum atomic E-state index is -0.0553. The van der Waals surface area contributed by atoms with Crippen LogP contribution in [0.2, 0.25) is 0 Å². The molecular formula is C27H27N5O2. The van der Waals surface area contributed by atoms with E-state index in [9.17, 15) is 4.79 Å². The number of ether oxygens (including phenoxy) is 1. The number of aryl methyl sites for hydroxylation is 1. The van der Waals surface area contributed by atoms with E-state index in [1.807, 2.05) is 53.0 Å². The van der Waals surface area contributed by atoms with Gasteiger partial charge in [0.05, 0.1) is 30.2 Å². The Bertz CT molecular complexity index is 1340. The molecule has 2 aromatic heterocycles. The van der Waals surface area contributed by atoms with Crippen LogP contribution in [0.15, 0.2) is 66.7 Å². The second-order valence-electron chi connectivity index (χ2n) is 9.04. The van der Waals surface area contributed by atoms with E-state index in [0.717, 1.165) is 42.8 Å². The number of carbonyl (C=O) groups excluding carboxylic acids is 1. The van der Waals surface area contributed by atoms with E-state index in [1.165, 1.54) is 11.1 Å². The molecule has 1 amide bonds. The van der Waals surface area contributed by atoms with Crippen LogP contribution >= 0.6 is 0 Å². The van der Waals surface area contributed by atoms with Crippen molar-refractivity contribution in [3.63, 3.8) is 0 Å². The zero-order valence-electron chi connectivity index (χ0n) is 19.4. The van der Waals surface area contributed by atoms with Gasteiger partial charge in [0.25, 0.3) is 5.91 Å². The first-order valence-electron chi connectivity index (χ1n) is 11.8. The molecule has 0 spiro atoms. The number of methoxy groups -OCH3 is 1. The molecule has 1 fully saturated rings. The quantitative estimate of drug-likeness (QED) is 0.454. The molecule has 2 unspecified atom stereocenters. The molecule has 2 atom stereocenters.